The predicted molar refractivity (Wildman–Crippen MR) is 82.9 cm³/mol. The fourth-order valence-electron chi connectivity index (χ4n) is 1.76. The lowest BCUT2D eigenvalue weighted by Crippen LogP contribution is -2.42. The molecule has 0 aliphatic heterocycles. The highest BCUT2D eigenvalue weighted by Gasteiger charge is 2.20. The third kappa shape index (κ3) is 5.27. The van der Waals surface area contributed by atoms with Gasteiger partial charge < -0.3 is 19.4 Å². The van der Waals surface area contributed by atoms with Gasteiger partial charge in [0.05, 0.1) is 6.61 Å². The molecule has 1 rings (SSSR count). The maximum Gasteiger partial charge on any atom is 0.130 e. The Hall–Kier alpha value is -0.840. The van der Waals surface area contributed by atoms with Gasteiger partial charge in [0.15, 0.2) is 0 Å². The van der Waals surface area contributed by atoms with E-state index in [-0.39, 0.29) is 5.54 Å². The third-order valence-electron chi connectivity index (χ3n) is 3.72. The van der Waals surface area contributed by atoms with Gasteiger partial charge in [-0.05, 0) is 53.9 Å². The van der Waals surface area contributed by atoms with Crippen LogP contribution in [0.5, 0.6) is 0 Å². The highest BCUT2D eigenvalue weighted by molar-refractivity contribution is 5.20. The summed E-state index contributed by atoms with van der Waals surface area (Å²) in [6, 6.07) is 2.10. The number of hydrogen-bond donors (Lipinski definition) is 1. The van der Waals surface area contributed by atoms with Crippen LogP contribution in [-0.2, 0) is 17.9 Å². The Morgan fingerprint density at radius 1 is 1.35 bits per heavy atom. The van der Waals surface area contributed by atoms with Gasteiger partial charge in [-0.2, -0.15) is 0 Å². The second-order valence-corrected chi connectivity index (χ2v) is 6.17. The Balaban J connectivity index is 2.43. The molecule has 0 saturated carbocycles. The van der Waals surface area contributed by atoms with Crippen molar-refractivity contribution in [1.29, 1.82) is 0 Å². The molecule has 0 fully saturated rings. The molecule has 4 heteroatoms. The summed E-state index contributed by atoms with van der Waals surface area (Å²) in [7, 11) is 4.13. The monoisotopic (exact) mass is 282 g/mol. The highest BCUT2D eigenvalue weighted by atomic mass is 16.5. The van der Waals surface area contributed by atoms with Crippen LogP contribution in [-0.4, -0.2) is 37.7 Å². The molecule has 1 N–H and O–H groups in total. The standard InChI is InChI=1S/C16H30N2O2/c1-7-8-17-10-14-9-15(20-13(14)2)11-19-12-16(3,4)18(5)6/h9,17H,7-8,10-12H2,1-6H3. The number of likely N-dealkylation sites (N-methyl/N-ethyl adjacent to an activating group) is 1. The van der Waals surface area contributed by atoms with Crippen LogP contribution >= 0.6 is 0 Å². The molecule has 0 bridgehead atoms. The molecule has 0 aliphatic rings. The average molecular weight is 282 g/mol. The molecule has 0 amide bonds. The van der Waals surface area contributed by atoms with Crippen LogP contribution in [0.4, 0.5) is 0 Å². The first-order valence-corrected chi connectivity index (χ1v) is 7.41. The molecule has 0 unspecified atom stereocenters. The maximum absolute atomic E-state index is 5.78. The van der Waals surface area contributed by atoms with Gasteiger partial charge in [-0.3, -0.25) is 0 Å². The molecular weight excluding hydrogens is 252 g/mol. The fourth-order valence-corrected chi connectivity index (χ4v) is 1.76. The Labute approximate surface area is 123 Å². The van der Waals surface area contributed by atoms with Crippen molar-refractivity contribution >= 4 is 0 Å². The van der Waals surface area contributed by atoms with Crippen molar-refractivity contribution in [2.24, 2.45) is 0 Å². The molecule has 1 aromatic rings. The van der Waals surface area contributed by atoms with Crippen LogP contribution in [0.15, 0.2) is 10.5 Å². The van der Waals surface area contributed by atoms with Crippen LogP contribution < -0.4 is 5.32 Å². The van der Waals surface area contributed by atoms with E-state index in [1.54, 1.807) is 0 Å². The van der Waals surface area contributed by atoms with Crippen molar-refractivity contribution in [1.82, 2.24) is 10.2 Å². The zero-order chi connectivity index (χ0) is 15.2. The molecule has 1 heterocycles. The molecule has 1 aromatic heterocycles. The van der Waals surface area contributed by atoms with Crippen molar-refractivity contribution in [2.75, 3.05) is 27.2 Å². The number of nitrogens with zero attached hydrogens (tertiary/aromatic N) is 1. The van der Waals surface area contributed by atoms with E-state index in [0.29, 0.717) is 13.2 Å². The summed E-state index contributed by atoms with van der Waals surface area (Å²) in [6.45, 7) is 11.6. The molecule has 0 saturated heterocycles. The smallest absolute Gasteiger partial charge is 0.130 e. The van der Waals surface area contributed by atoms with Crippen molar-refractivity contribution in [3.8, 4) is 0 Å². The molecule has 0 aromatic carbocycles. The first-order valence-electron chi connectivity index (χ1n) is 7.41. The summed E-state index contributed by atoms with van der Waals surface area (Å²) >= 11 is 0. The van der Waals surface area contributed by atoms with Gasteiger partial charge in [0.1, 0.15) is 18.1 Å². The van der Waals surface area contributed by atoms with E-state index in [9.17, 15) is 0 Å². The van der Waals surface area contributed by atoms with E-state index in [1.807, 2.05) is 6.92 Å². The van der Waals surface area contributed by atoms with E-state index in [1.165, 1.54) is 5.56 Å². The van der Waals surface area contributed by atoms with Gasteiger partial charge in [-0.1, -0.05) is 6.92 Å². The Morgan fingerprint density at radius 2 is 2.05 bits per heavy atom. The zero-order valence-electron chi connectivity index (χ0n) is 13.9. The molecule has 20 heavy (non-hydrogen) atoms. The second kappa shape index (κ2) is 7.81. The summed E-state index contributed by atoms with van der Waals surface area (Å²) in [5.41, 5.74) is 1.26. The summed E-state index contributed by atoms with van der Waals surface area (Å²) in [5.74, 6) is 1.89. The minimum Gasteiger partial charge on any atom is -0.464 e. The molecule has 0 spiro atoms. The Bertz CT molecular complexity index is 397. The minimum absolute atomic E-state index is 0.0349. The van der Waals surface area contributed by atoms with E-state index < -0.39 is 0 Å². The van der Waals surface area contributed by atoms with Gasteiger partial charge >= 0.3 is 0 Å². The SMILES string of the molecule is CCCNCc1cc(COCC(C)(C)N(C)C)oc1C. The maximum atomic E-state index is 5.78. The summed E-state index contributed by atoms with van der Waals surface area (Å²) < 4.78 is 11.5. The van der Waals surface area contributed by atoms with Crippen LogP contribution in [0.25, 0.3) is 0 Å². The van der Waals surface area contributed by atoms with E-state index in [0.717, 1.165) is 31.0 Å². The van der Waals surface area contributed by atoms with Crippen molar-refractivity contribution in [2.45, 2.75) is 52.8 Å². The molecule has 0 aliphatic carbocycles. The number of hydrogen-bond acceptors (Lipinski definition) is 4. The lowest BCUT2D eigenvalue weighted by atomic mass is 10.1. The van der Waals surface area contributed by atoms with Gasteiger partial charge in [-0.15, -0.1) is 0 Å². The Morgan fingerprint density at radius 3 is 2.65 bits per heavy atom. The largest absolute Gasteiger partial charge is 0.464 e. The molecule has 116 valence electrons. The van der Waals surface area contributed by atoms with Crippen molar-refractivity contribution < 1.29 is 9.15 Å². The quantitative estimate of drug-likeness (QED) is 0.707. The second-order valence-electron chi connectivity index (χ2n) is 6.17. The first-order chi connectivity index (χ1) is 9.36. The van der Waals surface area contributed by atoms with E-state index in [4.69, 9.17) is 9.15 Å². The molecule has 4 nitrogen and oxygen atoms in total. The first kappa shape index (κ1) is 17.2. The summed E-state index contributed by atoms with van der Waals surface area (Å²) in [5, 5.41) is 3.39. The molecular formula is C16H30N2O2. The topological polar surface area (TPSA) is 37.6 Å². The molecule has 0 radical (unpaired) electrons. The van der Waals surface area contributed by atoms with Crippen molar-refractivity contribution in [3.63, 3.8) is 0 Å². The normalized spacial score (nSPS) is 12.3. The summed E-state index contributed by atoms with van der Waals surface area (Å²) in [4.78, 5) is 2.17. The van der Waals surface area contributed by atoms with Crippen LogP contribution in [0.1, 0.15) is 44.3 Å². The predicted octanol–water partition coefficient (Wildman–Crippen LogP) is 2.94. The minimum atomic E-state index is 0.0349. The third-order valence-corrected chi connectivity index (χ3v) is 3.72. The number of furan rings is 1. The number of aryl methyl sites for hydroxylation is 1. The fraction of sp³-hybridized carbons (Fsp3) is 0.750. The van der Waals surface area contributed by atoms with Gasteiger partial charge in [-0.25, -0.2) is 0 Å². The van der Waals surface area contributed by atoms with Gasteiger partial charge in [0.25, 0.3) is 0 Å². The average Bonchev–Trinajstić information content (AvgIpc) is 2.70. The summed E-state index contributed by atoms with van der Waals surface area (Å²) in [6.07, 6.45) is 1.15. The van der Waals surface area contributed by atoms with Crippen molar-refractivity contribution in [3.05, 3.63) is 23.2 Å². The van der Waals surface area contributed by atoms with Crippen LogP contribution in [0.3, 0.4) is 0 Å². The highest BCUT2D eigenvalue weighted by Crippen LogP contribution is 2.17. The van der Waals surface area contributed by atoms with E-state index in [2.05, 4.69) is 51.1 Å². The molecule has 0 atom stereocenters. The van der Waals surface area contributed by atoms with Gasteiger partial charge in [0.2, 0.25) is 0 Å². The zero-order valence-corrected chi connectivity index (χ0v) is 13.9. The lowest BCUT2D eigenvalue weighted by Gasteiger charge is -2.31. The van der Waals surface area contributed by atoms with Crippen LogP contribution in [0, 0.1) is 6.92 Å². The van der Waals surface area contributed by atoms with E-state index >= 15 is 0 Å². The Kier molecular flexibility index (Phi) is 6.72. The number of nitrogens with one attached hydrogen (secondary N) is 1. The number of rotatable bonds is 9. The lowest BCUT2D eigenvalue weighted by molar-refractivity contribution is 0.0207. The van der Waals surface area contributed by atoms with Gasteiger partial charge in [0, 0.05) is 17.6 Å². The number of ether oxygens (including phenoxy) is 1. The van der Waals surface area contributed by atoms with Crippen LogP contribution in [0.2, 0.25) is 0 Å².